The maximum Gasteiger partial charge on any atom is 0.416 e. The fourth-order valence-electron chi connectivity index (χ4n) is 3.10. The minimum atomic E-state index is -4.24. The van der Waals surface area contributed by atoms with Gasteiger partial charge in [0.25, 0.3) is 0 Å². The van der Waals surface area contributed by atoms with Crippen LogP contribution in [-0.2, 0) is 6.18 Å². The second-order valence-corrected chi connectivity index (χ2v) is 5.80. The van der Waals surface area contributed by atoms with E-state index in [1.165, 1.54) is 12.1 Å². The molecule has 1 aliphatic heterocycles. The van der Waals surface area contributed by atoms with E-state index in [1.54, 1.807) is 12.1 Å². The van der Waals surface area contributed by atoms with E-state index < -0.39 is 11.7 Å². The number of nitrogens with one attached hydrogen (secondary N) is 1. The first-order valence-corrected chi connectivity index (χ1v) is 7.08. The summed E-state index contributed by atoms with van der Waals surface area (Å²) < 4.78 is 37.7. The number of benzene rings is 1. The maximum atomic E-state index is 12.6. The van der Waals surface area contributed by atoms with E-state index in [1.807, 2.05) is 0 Å². The highest BCUT2D eigenvalue weighted by Crippen LogP contribution is 2.37. The molecule has 1 aromatic rings. The molecule has 1 fully saturated rings. The summed E-state index contributed by atoms with van der Waals surface area (Å²) >= 11 is 0. The Morgan fingerprint density at radius 1 is 1.05 bits per heavy atom. The topological polar surface area (TPSA) is 12.0 Å². The van der Waals surface area contributed by atoms with Gasteiger partial charge in [0, 0.05) is 0 Å². The van der Waals surface area contributed by atoms with Crippen molar-refractivity contribution < 1.29 is 13.2 Å². The van der Waals surface area contributed by atoms with Crippen molar-refractivity contribution in [1.29, 1.82) is 0 Å². The first-order valence-electron chi connectivity index (χ1n) is 7.08. The Morgan fingerprint density at radius 2 is 1.75 bits per heavy atom. The van der Waals surface area contributed by atoms with Crippen molar-refractivity contribution in [3.8, 4) is 0 Å². The Kier molecular flexibility index (Phi) is 3.59. The maximum absolute atomic E-state index is 12.6. The molecule has 0 spiro atoms. The summed E-state index contributed by atoms with van der Waals surface area (Å²) in [6.07, 6.45) is 2.21. The van der Waals surface area contributed by atoms with E-state index >= 15 is 0 Å². The van der Waals surface area contributed by atoms with E-state index in [9.17, 15) is 13.2 Å². The van der Waals surface area contributed by atoms with E-state index in [0.717, 1.165) is 31.5 Å². The zero-order valence-corrected chi connectivity index (χ0v) is 11.2. The quantitative estimate of drug-likeness (QED) is 0.809. The Morgan fingerprint density at radius 3 is 2.30 bits per heavy atom. The molecule has 0 saturated carbocycles. The van der Waals surface area contributed by atoms with Crippen LogP contribution >= 0.6 is 0 Å². The lowest BCUT2D eigenvalue weighted by Crippen LogP contribution is -2.46. The molecular weight excluding hydrogens is 263 g/mol. The number of rotatable bonds is 2. The molecule has 3 rings (SSSR count). The van der Waals surface area contributed by atoms with Crippen LogP contribution in [0.25, 0.3) is 0 Å². The van der Waals surface area contributed by atoms with Crippen molar-refractivity contribution in [2.75, 3.05) is 13.1 Å². The number of hydrogen-bond acceptors (Lipinski definition) is 1. The van der Waals surface area contributed by atoms with Crippen LogP contribution in [0, 0.1) is 11.8 Å². The van der Waals surface area contributed by atoms with Crippen molar-refractivity contribution in [1.82, 2.24) is 5.32 Å². The lowest BCUT2D eigenvalue weighted by Gasteiger charge is -2.37. The zero-order chi connectivity index (χ0) is 14.2. The summed E-state index contributed by atoms with van der Waals surface area (Å²) in [4.78, 5) is 0. The monoisotopic (exact) mass is 281 g/mol. The Hall–Kier alpha value is -1.29. The highest BCUT2D eigenvalue weighted by molar-refractivity contribution is 5.28. The summed E-state index contributed by atoms with van der Waals surface area (Å²) in [7, 11) is 0. The standard InChI is InChI=1S/C16H18F3N/c17-16(18,19)15-6-4-11(5-7-15)12-2-1-3-13(8-12)14-9-20-10-14/h1,3-7,12-14,20H,2,8-10H2. The summed E-state index contributed by atoms with van der Waals surface area (Å²) in [5.41, 5.74) is 0.465. The van der Waals surface area contributed by atoms with Crippen LogP contribution in [0.1, 0.15) is 29.9 Å². The molecule has 2 atom stereocenters. The largest absolute Gasteiger partial charge is 0.416 e. The molecule has 0 bridgehead atoms. The minimum absolute atomic E-state index is 0.355. The smallest absolute Gasteiger partial charge is 0.316 e. The molecule has 2 aliphatic rings. The fourth-order valence-corrected chi connectivity index (χ4v) is 3.10. The Bertz CT molecular complexity index is 485. The van der Waals surface area contributed by atoms with E-state index in [0.29, 0.717) is 17.8 Å². The van der Waals surface area contributed by atoms with Gasteiger partial charge in [-0.2, -0.15) is 13.2 Å². The molecule has 1 aromatic carbocycles. The van der Waals surface area contributed by atoms with Gasteiger partial charge in [0.05, 0.1) is 5.56 Å². The van der Waals surface area contributed by atoms with Crippen molar-refractivity contribution in [2.24, 2.45) is 11.8 Å². The van der Waals surface area contributed by atoms with Crippen molar-refractivity contribution in [3.05, 3.63) is 47.5 Å². The summed E-state index contributed by atoms with van der Waals surface area (Å²) in [5, 5.41) is 3.28. The van der Waals surface area contributed by atoms with Gasteiger partial charge < -0.3 is 5.32 Å². The summed E-state index contributed by atoms with van der Waals surface area (Å²) in [5.74, 6) is 1.62. The molecule has 1 aliphatic carbocycles. The third-order valence-electron chi connectivity index (χ3n) is 4.49. The molecule has 1 heterocycles. The SMILES string of the molecule is FC(F)(F)c1ccc(C2CC=CC(C3CNC3)C2)cc1. The minimum Gasteiger partial charge on any atom is -0.316 e. The van der Waals surface area contributed by atoms with Crippen LogP contribution in [0.5, 0.6) is 0 Å². The number of halogens is 3. The third kappa shape index (κ3) is 2.75. The molecule has 1 saturated heterocycles. The predicted octanol–water partition coefficient (Wildman–Crippen LogP) is 3.97. The highest BCUT2D eigenvalue weighted by atomic mass is 19.4. The van der Waals surface area contributed by atoms with E-state index in [-0.39, 0.29) is 0 Å². The first kappa shape index (κ1) is 13.7. The fraction of sp³-hybridized carbons (Fsp3) is 0.500. The van der Waals surface area contributed by atoms with Crippen molar-refractivity contribution in [2.45, 2.75) is 24.9 Å². The lowest BCUT2D eigenvalue weighted by atomic mass is 9.75. The molecule has 4 heteroatoms. The molecule has 1 N–H and O–H groups in total. The molecule has 20 heavy (non-hydrogen) atoms. The van der Waals surface area contributed by atoms with Gasteiger partial charge in [-0.25, -0.2) is 0 Å². The molecule has 0 aromatic heterocycles. The summed E-state index contributed by atoms with van der Waals surface area (Å²) in [6.45, 7) is 2.13. The normalized spacial score (nSPS) is 27.4. The predicted molar refractivity (Wildman–Crippen MR) is 72.4 cm³/mol. The lowest BCUT2D eigenvalue weighted by molar-refractivity contribution is -0.137. The summed E-state index contributed by atoms with van der Waals surface area (Å²) in [6, 6.07) is 5.69. The van der Waals surface area contributed by atoms with Gasteiger partial charge in [-0.05, 0) is 61.4 Å². The first-order chi connectivity index (χ1) is 9.54. The molecule has 0 radical (unpaired) electrons. The van der Waals surface area contributed by atoms with Gasteiger partial charge in [0.15, 0.2) is 0 Å². The average molecular weight is 281 g/mol. The van der Waals surface area contributed by atoms with Crippen molar-refractivity contribution >= 4 is 0 Å². The van der Waals surface area contributed by atoms with Gasteiger partial charge in [-0.15, -0.1) is 0 Å². The van der Waals surface area contributed by atoms with Crippen molar-refractivity contribution in [3.63, 3.8) is 0 Å². The number of alkyl halides is 3. The molecule has 2 unspecified atom stereocenters. The van der Waals surface area contributed by atoms with Gasteiger partial charge >= 0.3 is 6.18 Å². The van der Waals surface area contributed by atoms with Crippen LogP contribution < -0.4 is 5.32 Å². The van der Waals surface area contributed by atoms with E-state index in [2.05, 4.69) is 17.5 Å². The van der Waals surface area contributed by atoms with E-state index in [4.69, 9.17) is 0 Å². The Balaban J connectivity index is 1.71. The van der Waals surface area contributed by atoms with Crippen LogP contribution in [-0.4, -0.2) is 13.1 Å². The second-order valence-electron chi connectivity index (χ2n) is 5.80. The Labute approximate surface area is 116 Å². The molecule has 108 valence electrons. The van der Waals surface area contributed by atoms with Gasteiger partial charge in [-0.1, -0.05) is 24.3 Å². The number of hydrogen-bond donors (Lipinski definition) is 1. The van der Waals surface area contributed by atoms with Gasteiger partial charge in [-0.3, -0.25) is 0 Å². The van der Waals surface area contributed by atoms with Crippen LogP contribution in [0.2, 0.25) is 0 Å². The van der Waals surface area contributed by atoms with Crippen LogP contribution in [0.4, 0.5) is 13.2 Å². The van der Waals surface area contributed by atoms with Gasteiger partial charge in [0.2, 0.25) is 0 Å². The average Bonchev–Trinajstić information content (AvgIpc) is 2.36. The zero-order valence-electron chi connectivity index (χ0n) is 11.2. The molecule has 1 nitrogen and oxygen atoms in total. The van der Waals surface area contributed by atoms with Crippen LogP contribution in [0.15, 0.2) is 36.4 Å². The number of allylic oxidation sites excluding steroid dienone is 2. The molecule has 0 amide bonds. The van der Waals surface area contributed by atoms with Gasteiger partial charge in [0.1, 0.15) is 0 Å². The third-order valence-corrected chi connectivity index (χ3v) is 4.49. The highest BCUT2D eigenvalue weighted by Gasteiger charge is 2.32. The second kappa shape index (κ2) is 5.24. The molecular formula is C16H18F3N. The van der Waals surface area contributed by atoms with Crippen LogP contribution in [0.3, 0.4) is 0 Å².